The molecular formula is C15H23ClIN3O2. The van der Waals surface area contributed by atoms with Crippen molar-refractivity contribution in [3.8, 4) is 5.75 Å². The van der Waals surface area contributed by atoms with Gasteiger partial charge in [0, 0.05) is 18.1 Å². The molecule has 22 heavy (non-hydrogen) atoms. The van der Waals surface area contributed by atoms with Gasteiger partial charge in [0.1, 0.15) is 11.9 Å². The average molecular weight is 440 g/mol. The first-order valence-electron chi connectivity index (χ1n) is 7.13. The first-order chi connectivity index (χ1) is 10.0. The summed E-state index contributed by atoms with van der Waals surface area (Å²) in [5.74, 6) is 1.33. The molecule has 7 heteroatoms. The molecule has 1 fully saturated rings. The molecule has 0 radical (unpaired) electrons. The third kappa shape index (κ3) is 6.18. The molecule has 0 aromatic heterocycles. The van der Waals surface area contributed by atoms with Gasteiger partial charge in [-0.15, -0.1) is 24.0 Å². The Bertz CT molecular complexity index is 484. The summed E-state index contributed by atoms with van der Waals surface area (Å²) in [6.45, 7) is 6.77. The number of ether oxygens (including phenoxy) is 2. The average Bonchev–Trinajstić information content (AvgIpc) is 2.47. The molecule has 1 unspecified atom stereocenters. The van der Waals surface area contributed by atoms with Crippen LogP contribution in [0.3, 0.4) is 0 Å². The standard InChI is InChI=1S/C15H22ClN3O2.HI/c1-11(21-14-5-3-13(16)4-6-14)9-18-15(17)19-7-8-20-12(2)10-19;/h3-6,11-12H,7-10H2,1-2H3,(H2,17,18);1H/t11-,12?;/m0./s1. The lowest BCUT2D eigenvalue weighted by molar-refractivity contribution is 0.00525. The molecule has 5 nitrogen and oxygen atoms in total. The van der Waals surface area contributed by atoms with Crippen molar-refractivity contribution < 1.29 is 9.47 Å². The van der Waals surface area contributed by atoms with Crippen molar-refractivity contribution in [3.05, 3.63) is 29.3 Å². The van der Waals surface area contributed by atoms with Crippen molar-refractivity contribution in [2.45, 2.75) is 26.1 Å². The van der Waals surface area contributed by atoms with Crippen LogP contribution in [0.1, 0.15) is 13.8 Å². The van der Waals surface area contributed by atoms with Crippen LogP contribution < -0.4 is 10.5 Å². The lowest BCUT2D eigenvalue weighted by atomic mass is 10.3. The molecule has 0 spiro atoms. The number of nitrogens with two attached hydrogens (primary N) is 1. The molecule has 1 aromatic rings. The summed E-state index contributed by atoms with van der Waals surface area (Å²) in [4.78, 5) is 6.45. The van der Waals surface area contributed by atoms with E-state index in [-0.39, 0.29) is 36.2 Å². The van der Waals surface area contributed by atoms with Crippen LogP contribution >= 0.6 is 35.6 Å². The second-order valence-corrected chi connectivity index (χ2v) is 5.65. The van der Waals surface area contributed by atoms with E-state index in [1.165, 1.54) is 0 Å². The highest BCUT2D eigenvalue weighted by atomic mass is 127. The topological polar surface area (TPSA) is 60.1 Å². The van der Waals surface area contributed by atoms with Crippen molar-refractivity contribution in [1.82, 2.24) is 4.90 Å². The fourth-order valence-electron chi connectivity index (χ4n) is 2.13. The second kappa shape index (κ2) is 9.42. The Balaban J connectivity index is 0.00000242. The van der Waals surface area contributed by atoms with Gasteiger partial charge in [-0.05, 0) is 38.1 Å². The zero-order valence-electron chi connectivity index (χ0n) is 12.9. The minimum Gasteiger partial charge on any atom is -0.489 e. The summed E-state index contributed by atoms with van der Waals surface area (Å²) in [6, 6.07) is 7.29. The molecule has 1 heterocycles. The number of rotatable bonds is 4. The number of aliphatic imine (C=N–C) groups is 1. The highest BCUT2D eigenvalue weighted by Gasteiger charge is 2.18. The van der Waals surface area contributed by atoms with Crippen LogP contribution in [-0.2, 0) is 4.74 Å². The van der Waals surface area contributed by atoms with Crippen LogP contribution in [0, 0.1) is 0 Å². The molecule has 1 aliphatic rings. The van der Waals surface area contributed by atoms with Crippen LogP contribution in [0.4, 0.5) is 0 Å². The third-order valence-electron chi connectivity index (χ3n) is 3.23. The summed E-state index contributed by atoms with van der Waals surface area (Å²) in [5, 5.41) is 0.693. The third-order valence-corrected chi connectivity index (χ3v) is 3.48. The fourth-order valence-corrected chi connectivity index (χ4v) is 2.26. The Hall–Kier alpha value is -0.730. The van der Waals surface area contributed by atoms with Crippen molar-refractivity contribution >= 4 is 41.5 Å². The van der Waals surface area contributed by atoms with Gasteiger partial charge in [-0.25, -0.2) is 4.99 Å². The van der Waals surface area contributed by atoms with E-state index < -0.39 is 0 Å². The SMILES string of the molecule is CC1CN(C(N)=NC[C@H](C)Oc2ccc(Cl)cc2)CCO1.I. The fraction of sp³-hybridized carbons (Fsp3) is 0.533. The van der Waals surface area contributed by atoms with Crippen LogP contribution in [0.2, 0.25) is 5.02 Å². The highest BCUT2D eigenvalue weighted by molar-refractivity contribution is 14.0. The number of guanidine groups is 1. The molecule has 1 aliphatic heterocycles. The van der Waals surface area contributed by atoms with Gasteiger partial charge >= 0.3 is 0 Å². The summed E-state index contributed by atoms with van der Waals surface area (Å²) < 4.78 is 11.2. The van der Waals surface area contributed by atoms with Crippen LogP contribution in [0.25, 0.3) is 0 Å². The molecule has 1 aromatic carbocycles. The van der Waals surface area contributed by atoms with Gasteiger partial charge in [-0.1, -0.05) is 11.6 Å². The van der Waals surface area contributed by atoms with E-state index in [0.717, 1.165) is 18.8 Å². The van der Waals surface area contributed by atoms with Gasteiger partial charge < -0.3 is 20.1 Å². The number of benzene rings is 1. The monoisotopic (exact) mass is 439 g/mol. The maximum absolute atomic E-state index is 6.02. The molecule has 0 bridgehead atoms. The molecule has 0 aliphatic carbocycles. The summed E-state index contributed by atoms with van der Waals surface area (Å²) >= 11 is 5.84. The number of morpholine rings is 1. The number of halogens is 2. The molecule has 1 saturated heterocycles. The molecule has 2 N–H and O–H groups in total. The quantitative estimate of drug-likeness (QED) is 0.445. The Morgan fingerprint density at radius 2 is 2.18 bits per heavy atom. The second-order valence-electron chi connectivity index (χ2n) is 5.21. The van der Waals surface area contributed by atoms with E-state index in [4.69, 9.17) is 26.8 Å². The molecule has 0 amide bonds. The van der Waals surface area contributed by atoms with E-state index in [2.05, 4.69) is 4.99 Å². The number of nitrogens with zero attached hydrogens (tertiary/aromatic N) is 2. The van der Waals surface area contributed by atoms with E-state index in [9.17, 15) is 0 Å². The maximum Gasteiger partial charge on any atom is 0.191 e. The Morgan fingerprint density at radius 3 is 2.82 bits per heavy atom. The predicted molar refractivity (Wildman–Crippen MR) is 100 cm³/mol. The molecule has 0 saturated carbocycles. The first kappa shape index (κ1) is 19.3. The maximum atomic E-state index is 6.02. The molecule has 124 valence electrons. The molecule has 2 rings (SSSR count). The largest absolute Gasteiger partial charge is 0.489 e. The summed E-state index contributed by atoms with van der Waals surface area (Å²) in [6.07, 6.45) is 0.137. The van der Waals surface area contributed by atoms with Crippen LogP contribution in [-0.4, -0.2) is 49.3 Å². The minimum atomic E-state index is -0.0526. The van der Waals surface area contributed by atoms with Crippen LogP contribution in [0.15, 0.2) is 29.3 Å². The first-order valence-corrected chi connectivity index (χ1v) is 7.51. The summed E-state index contributed by atoms with van der Waals surface area (Å²) in [7, 11) is 0. The highest BCUT2D eigenvalue weighted by Crippen LogP contribution is 2.16. The normalized spacial score (nSPS) is 20.2. The molecule has 2 atom stereocenters. The van der Waals surface area contributed by atoms with Gasteiger partial charge in [0.25, 0.3) is 0 Å². The van der Waals surface area contributed by atoms with Gasteiger partial charge in [-0.2, -0.15) is 0 Å². The van der Waals surface area contributed by atoms with Crippen molar-refractivity contribution in [1.29, 1.82) is 0 Å². The summed E-state index contributed by atoms with van der Waals surface area (Å²) in [5.41, 5.74) is 6.02. The van der Waals surface area contributed by atoms with E-state index in [0.29, 0.717) is 24.1 Å². The van der Waals surface area contributed by atoms with Crippen molar-refractivity contribution in [3.63, 3.8) is 0 Å². The zero-order chi connectivity index (χ0) is 15.2. The van der Waals surface area contributed by atoms with Gasteiger partial charge in [-0.3, -0.25) is 0 Å². The Kier molecular flexibility index (Phi) is 8.27. The van der Waals surface area contributed by atoms with Gasteiger partial charge in [0.05, 0.1) is 19.3 Å². The smallest absolute Gasteiger partial charge is 0.191 e. The van der Waals surface area contributed by atoms with Gasteiger partial charge in [0.2, 0.25) is 0 Å². The van der Waals surface area contributed by atoms with Crippen LogP contribution in [0.5, 0.6) is 5.75 Å². The van der Waals surface area contributed by atoms with Crippen molar-refractivity contribution in [2.75, 3.05) is 26.2 Å². The zero-order valence-corrected chi connectivity index (χ0v) is 16.0. The van der Waals surface area contributed by atoms with Gasteiger partial charge in [0.15, 0.2) is 5.96 Å². The lowest BCUT2D eigenvalue weighted by Crippen LogP contribution is -2.48. The number of hydrogen-bond donors (Lipinski definition) is 1. The van der Waals surface area contributed by atoms with E-state index in [1.54, 1.807) is 12.1 Å². The molecular weight excluding hydrogens is 417 g/mol. The Morgan fingerprint density at radius 1 is 1.50 bits per heavy atom. The Labute approximate surface area is 153 Å². The van der Waals surface area contributed by atoms with E-state index >= 15 is 0 Å². The predicted octanol–water partition coefficient (Wildman–Crippen LogP) is 2.76. The van der Waals surface area contributed by atoms with Crippen molar-refractivity contribution in [2.24, 2.45) is 10.7 Å². The number of hydrogen-bond acceptors (Lipinski definition) is 3. The lowest BCUT2D eigenvalue weighted by Gasteiger charge is -2.32. The van der Waals surface area contributed by atoms with E-state index in [1.807, 2.05) is 30.9 Å². The minimum absolute atomic E-state index is 0.